The Labute approximate surface area is 345 Å². The molecule has 0 aliphatic rings. The maximum Gasteiger partial charge on any atom is 0.407 e. The van der Waals surface area contributed by atoms with Gasteiger partial charge in [0.2, 0.25) is 5.91 Å². The van der Waals surface area contributed by atoms with E-state index in [9.17, 15) is 18.8 Å². The van der Waals surface area contributed by atoms with Crippen LogP contribution in [0.3, 0.4) is 0 Å². The van der Waals surface area contributed by atoms with Crippen LogP contribution in [0.1, 0.15) is 71.8 Å². The van der Waals surface area contributed by atoms with Crippen molar-refractivity contribution >= 4 is 29.7 Å². The second-order valence-corrected chi connectivity index (χ2v) is 16.6. The lowest BCUT2D eigenvalue weighted by Crippen LogP contribution is -2.44. The molecule has 0 aliphatic carbocycles. The SMILES string of the molecule is CC(C)(C)OC(=O)NCCCN(C(=O)CSCCOCCOCCOCCOCCC(=O)O)C(c1nc(-c2cc(F)ccc2F)cn1Cc1ccccc1)C(C)(C)C. The van der Waals surface area contributed by atoms with E-state index in [-0.39, 0.29) is 49.0 Å². The highest BCUT2D eigenvalue weighted by molar-refractivity contribution is 7.99. The summed E-state index contributed by atoms with van der Waals surface area (Å²) in [6.07, 6.45) is 1.53. The molecule has 1 unspecified atom stereocenters. The van der Waals surface area contributed by atoms with Crippen LogP contribution in [0.4, 0.5) is 13.6 Å². The molecule has 3 aromatic rings. The third-order valence-corrected chi connectivity index (χ3v) is 9.23. The van der Waals surface area contributed by atoms with Gasteiger partial charge in [0.15, 0.2) is 0 Å². The van der Waals surface area contributed by atoms with Crippen molar-refractivity contribution in [2.75, 3.05) is 77.5 Å². The lowest BCUT2D eigenvalue weighted by Gasteiger charge is -2.40. The normalized spacial score (nSPS) is 12.3. The number of aromatic nitrogens is 2. The van der Waals surface area contributed by atoms with Crippen molar-refractivity contribution in [2.45, 2.75) is 72.6 Å². The topological polar surface area (TPSA) is 151 Å². The number of alkyl carbamates (subject to hydrolysis) is 1. The van der Waals surface area contributed by atoms with Crippen molar-refractivity contribution in [1.29, 1.82) is 0 Å². The number of thioether (sulfide) groups is 1. The first-order valence-corrected chi connectivity index (χ1v) is 20.6. The highest BCUT2D eigenvalue weighted by atomic mass is 32.2. The Balaban J connectivity index is 1.69. The Kier molecular flexibility index (Phi) is 20.6. The number of carbonyl (C=O) groups is 3. The zero-order valence-electron chi connectivity index (χ0n) is 34.6. The Morgan fingerprint density at radius 1 is 0.879 bits per heavy atom. The fraction of sp³-hybridized carbons (Fsp3) is 0.571. The first kappa shape index (κ1) is 48.3. The fourth-order valence-corrected chi connectivity index (χ4v) is 6.53. The summed E-state index contributed by atoms with van der Waals surface area (Å²) < 4.78 is 58.6. The molecule has 58 heavy (non-hydrogen) atoms. The Hall–Kier alpha value is -4.09. The minimum absolute atomic E-state index is 0.0197. The summed E-state index contributed by atoms with van der Waals surface area (Å²) in [7, 11) is 0. The third kappa shape index (κ3) is 18.2. The van der Waals surface area contributed by atoms with Gasteiger partial charge in [-0.15, -0.1) is 11.8 Å². The summed E-state index contributed by atoms with van der Waals surface area (Å²) in [6, 6.07) is 12.4. The van der Waals surface area contributed by atoms with Crippen molar-refractivity contribution < 1.29 is 52.0 Å². The average molecular weight is 835 g/mol. The predicted molar refractivity (Wildman–Crippen MR) is 219 cm³/mol. The van der Waals surface area contributed by atoms with E-state index in [1.165, 1.54) is 11.8 Å². The number of amides is 2. The molecule has 1 heterocycles. The summed E-state index contributed by atoms with van der Waals surface area (Å²) in [6.45, 7) is 15.0. The summed E-state index contributed by atoms with van der Waals surface area (Å²) >= 11 is 1.43. The van der Waals surface area contributed by atoms with Crippen LogP contribution in [-0.4, -0.2) is 121 Å². The van der Waals surface area contributed by atoms with Gasteiger partial charge in [0.25, 0.3) is 0 Å². The van der Waals surface area contributed by atoms with Gasteiger partial charge in [0.05, 0.1) is 76.8 Å². The number of nitrogens with one attached hydrogen (secondary N) is 1. The lowest BCUT2D eigenvalue weighted by atomic mass is 9.84. The maximum absolute atomic E-state index is 15.1. The van der Waals surface area contributed by atoms with Gasteiger partial charge in [0, 0.05) is 37.1 Å². The smallest absolute Gasteiger partial charge is 0.407 e. The van der Waals surface area contributed by atoms with Crippen LogP contribution in [-0.2, 0) is 39.8 Å². The summed E-state index contributed by atoms with van der Waals surface area (Å²) in [5.41, 5.74) is 0.000714. The molecule has 0 fully saturated rings. The molecule has 13 nitrogen and oxygen atoms in total. The second-order valence-electron chi connectivity index (χ2n) is 15.5. The molecular weight excluding hydrogens is 775 g/mol. The molecule has 322 valence electrons. The molecule has 0 radical (unpaired) electrons. The monoisotopic (exact) mass is 834 g/mol. The number of nitrogens with zero attached hydrogens (tertiary/aromatic N) is 3. The Bertz CT molecular complexity index is 1700. The number of halogens is 2. The minimum atomic E-state index is -0.905. The van der Waals surface area contributed by atoms with E-state index >= 15 is 4.39 Å². The number of rotatable bonds is 26. The van der Waals surface area contributed by atoms with Crippen LogP contribution in [0.15, 0.2) is 54.7 Å². The van der Waals surface area contributed by atoms with Crippen molar-refractivity contribution in [3.63, 3.8) is 0 Å². The molecule has 0 spiro atoms. The van der Waals surface area contributed by atoms with Crippen LogP contribution in [0.5, 0.6) is 0 Å². The van der Waals surface area contributed by atoms with Gasteiger partial charge in [-0.3, -0.25) is 9.59 Å². The standard InChI is InChI=1S/C42H60F2N4O9S/c1-41(2,3)38(39-46-35(33-27-32(43)13-14-34(33)44)29-47(39)28-31-11-8-7-9-12-31)48(17-10-16-45-40(52)57-42(4,5)6)36(49)30-58-26-25-56-24-23-55-22-21-54-20-19-53-18-15-37(50)51/h7-9,11-14,27,29,38H,10,15-26,28,30H2,1-6H3,(H,45,52)(H,50,51). The number of carboxylic acid groups (broad SMARTS) is 1. The van der Waals surface area contributed by atoms with Crippen LogP contribution in [0, 0.1) is 17.0 Å². The number of carboxylic acids is 1. The molecule has 0 saturated carbocycles. The highest BCUT2D eigenvalue weighted by Crippen LogP contribution is 2.40. The molecule has 3 rings (SSSR count). The lowest BCUT2D eigenvalue weighted by molar-refractivity contribution is -0.138. The second kappa shape index (κ2) is 24.7. The summed E-state index contributed by atoms with van der Waals surface area (Å²) in [5.74, 6) is -1.04. The number of benzene rings is 2. The number of aliphatic carboxylic acids is 1. The van der Waals surface area contributed by atoms with Crippen molar-refractivity contribution in [3.05, 3.63) is 77.8 Å². The van der Waals surface area contributed by atoms with Gasteiger partial charge in [-0.1, -0.05) is 51.1 Å². The molecule has 2 amide bonds. The van der Waals surface area contributed by atoms with E-state index in [0.29, 0.717) is 70.8 Å². The molecule has 0 aliphatic heterocycles. The number of hydrogen-bond acceptors (Lipinski definition) is 10. The zero-order chi connectivity index (χ0) is 42.6. The van der Waals surface area contributed by atoms with Crippen LogP contribution < -0.4 is 5.32 Å². The molecule has 2 N–H and O–H groups in total. The number of imidazole rings is 1. The first-order valence-electron chi connectivity index (χ1n) is 19.5. The molecule has 16 heteroatoms. The van der Waals surface area contributed by atoms with Crippen LogP contribution in [0.2, 0.25) is 0 Å². The molecule has 0 saturated heterocycles. The van der Waals surface area contributed by atoms with E-state index < -0.39 is 40.8 Å². The molecule has 1 atom stereocenters. The number of hydrogen-bond donors (Lipinski definition) is 2. The Morgan fingerprint density at radius 2 is 1.50 bits per heavy atom. The van der Waals surface area contributed by atoms with Crippen LogP contribution in [0.25, 0.3) is 11.3 Å². The molecular formula is C42H60F2N4O9S. The van der Waals surface area contributed by atoms with Gasteiger partial charge >= 0.3 is 12.1 Å². The van der Waals surface area contributed by atoms with Crippen molar-refractivity contribution in [2.24, 2.45) is 5.41 Å². The van der Waals surface area contributed by atoms with Crippen molar-refractivity contribution in [1.82, 2.24) is 19.8 Å². The predicted octanol–water partition coefficient (Wildman–Crippen LogP) is 6.98. The van der Waals surface area contributed by atoms with E-state index in [2.05, 4.69) is 5.32 Å². The van der Waals surface area contributed by atoms with Crippen LogP contribution >= 0.6 is 11.8 Å². The molecule has 0 bridgehead atoms. The molecule has 2 aromatic carbocycles. The minimum Gasteiger partial charge on any atom is -0.481 e. The van der Waals surface area contributed by atoms with Gasteiger partial charge < -0.3 is 43.6 Å². The van der Waals surface area contributed by atoms with E-state index in [1.807, 2.05) is 55.7 Å². The summed E-state index contributed by atoms with van der Waals surface area (Å²) in [4.78, 5) is 43.9. The fourth-order valence-electron chi connectivity index (χ4n) is 5.81. The summed E-state index contributed by atoms with van der Waals surface area (Å²) in [5, 5.41) is 11.4. The molecule has 1 aromatic heterocycles. The van der Waals surface area contributed by atoms with E-state index in [4.69, 9.17) is 33.8 Å². The van der Waals surface area contributed by atoms with Gasteiger partial charge in [-0.25, -0.2) is 18.6 Å². The first-order chi connectivity index (χ1) is 27.5. The largest absolute Gasteiger partial charge is 0.481 e. The maximum atomic E-state index is 15.1. The number of carbonyl (C=O) groups excluding carboxylic acids is 2. The van der Waals surface area contributed by atoms with Crippen molar-refractivity contribution in [3.8, 4) is 11.3 Å². The Morgan fingerprint density at radius 3 is 2.10 bits per heavy atom. The highest BCUT2D eigenvalue weighted by Gasteiger charge is 2.38. The third-order valence-electron chi connectivity index (χ3n) is 8.32. The zero-order valence-corrected chi connectivity index (χ0v) is 35.4. The van der Waals surface area contributed by atoms with Gasteiger partial charge in [-0.2, -0.15) is 0 Å². The van der Waals surface area contributed by atoms with Gasteiger partial charge in [0.1, 0.15) is 23.1 Å². The average Bonchev–Trinajstić information content (AvgIpc) is 3.54. The van der Waals surface area contributed by atoms with E-state index in [1.54, 1.807) is 31.9 Å². The number of ether oxygens (including phenoxy) is 5. The quantitative estimate of drug-likeness (QED) is 0.0807. The van der Waals surface area contributed by atoms with E-state index in [0.717, 1.165) is 23.8 Å². The van der Waals surface area contributed by atoms with Gasteiger partial charge in [-0.05, 0) is 56.4 Å².